The fourth-order valence-corrected chi connectivity index (χ4v) is 2.91. The number of nitrogens with one attached hydrogen (secondary N) is 1. The number of ether oxygens (including phenoxy) is 3. The number of benzene rings is 3. The fraction of sp³-hybridized carbons (Fsp3) is 0.231. The van der Waals surface area contributed by atoms with E-state index in [2.05, 4.69) is 17.5 Å². The van der Waals surface area contributed by atoms with E-state index >= 15 is 0 Å². The van der Waals surface area contributed by atoms with E-state index in [1.165, 1.54) is 0 Å². The normalized spacial score (nSPS) is 10.7. The number of carbonyl (C=O) groups excluding carboxylic acids is 1. The highest BCUT2D eigenvalue weighted by Gasteiger charge is 2.11. The molecule has 0 saturated heterocycles. The van der Waals surface area contributed by atoms with Crippen LogP contribution in [0.15, 0.2) is 77.9 Å². The molecule has 0 fully saturated rings. The highest BCUT2D eigenvalue weighted by Crippen LogP contribution is 2.29. The van der Waals surface area contributed by atoms with Gasteiger partial charge >= 0.3 is 0 Å². The predicted octanol–water partition coefficient (Wildman–Crippen LogP) is 5.22. The highest BCUT2D eigenvalue weighted by molar-refractivity contribution is 5.95. The number of rotatable bonds is 11. The van der Waals surface area contributed by atoms with Crippen molar-refractivity contribution in [2.45, 2.75) is 26.9 Å². The van der Waals surface area contributed by atoms with Gasteiger partial charge in [0.2, 0.25) is 0 Å². The molecular weight excluding hydrogens is 404 g/mol. The van der Waals surface area contributed by atoms with Crippen molar-refractivity contribution >= 4 is 12.1 Å². The summed E-state index contributed by atoms with van der Waals surface area (Å²) in [7, 11) is 0. The summed E-state index contributed by atoms with van der Waals surface area (Å²) in [5, 5.41) is 4.06. The van der Waals surface area contributed by atoms with Crippen LogP contribution in [0.5, 0.6) is 17.2 Å². The average molecular weight is 433 g/mol. The molecule has 1 N–H and O–H groups in total. The minimum atomic E-state index is -0.338. The van der Waals surface area contributed by atoms with Gasteiger partial charge < -0.3 is 14.2 Å². The van der Waals surface area contributed by atoms with Crippen LogP contribution in [0.4, 0.5) is 0 Å². The van der Waals surface area contributed by atoms with Gasteiger partial charge in [0.15, 0.2) is 11.5 Å². The van der Waals surface area contributed by atoms with E-state index in [9.17, 15) is 4.79 Å². The van der Waals surface area contributed by atoms with Gasteiger partial charge in [0, 0.05) is 5.56 Å². The van der Waals surface area contributed by atoms with Crippen molar-refractivity contribution in [2.24, 2.45) is 5.10 Å². The first-order chi connectivity index (χ1) is 15.7. The monoisotopic (exact) mass is 432 g/mol. The maximum atomic E-state index is 12.5. The van der Waals surface area contributed by atoms with Crippen LogP contribution in [-0.2, 0) is 6.61 Å². The van der Waals surface area contributed by atoms with Crippen molar-refractivity contribution in [3.8, 4) is 17.2 Å². The Morgan fingerprint density at radius 1 is 0.906 bits per heavy atom. The summed E-state index contributed by atoms with van der Waals surface area (Å²) in [5.41, 5.74) is 4.86. The summed E-state index contributed by atoms with van der Waals surface area (Å²) < 4.78 is 17.2. The molecule has 0 aliphatic carbocycles. The molecule has 0 aromatic heterocycles. The molecule has 3 aromatic carbocycles. The van der Waals surface area contributed by atoms with Gasteiger partial charge in [-0.15, -0.1) is 0 Å². The third-order valence-electron chi connectivity index (χ3n) is 4.45. The molecule has 0 atom stereocenters. The van der Waals surface area contributed by atoms with E-state index in [1.807, 2.05) is 61.5 Å². The molecule has 0 heterocycles. The zero-order valence-electron chi connectivity index (χ0n) is 18.4. The Balaban J connectivity index is 1.63. The van der Waals surface area contributed by atoms with Crippen molar-refractivity contribution in [1.29, 1.82) is 0 Å². The Labute approximate surface area is 188 Å². The SMILES string of the molecule is CCCOc1cccc(/C=N/NC(=O)c2ccc(OCc3ccccc3)c(OCC)c2)c1. The van der Waals surface area contributed by atoms with E-state index in [4.69, 9.17) is 14.2 Å². The quantitative estimate of drug-likeness (QED) is 0.333. The van der Waals surface area contributed by atoms with E-state index in [0.29, 0.717) is 36.9 Å². The zero-order chi connectivity index (χ0) is 22.6. The van der Waals surface area contributed by atoms with Crippen LogP contribution in [0.1, 0.15) is 41.8 Å². The molecule has 0 spiro atoms. The Morgan fingerprint density at radius 2 is 1.75 bits per heavy atom. The van der Waals surface area contributed by atoms with Gasteiger partial charge in [0.1, 0.15) is 12.4 Å². The second-order valence-electron chi connectivity index (χ2n) is 6.99. The standard InChI is InChI=1S/C26H28N2O4/c1-3-15-31-23-12-8-11-21(16-23)18-27-28-26(29)22-13-14-24(25(17-22)30-4-2)32-19-20-9-6-5-7-10-20/h5-14,16-18H,3-4,15,19H2,1-2H3,(H,28,29)/b27-18+. The minimum absolute atomic E-state index is 0.338. The number of hydrazone groups is 1. The second kappa shape index (κ2) is 12.2. The summed E-state index contributed by atoms with van der Waals surface area (Å²) in [6, 6.07) is 22.5. The average Bonchev–Trinajstić information content (AvgIpc) is 2.83. The molecule has 3 rings (SSSR count). The fourth-order valence-electron chi connectivity index (χ4n) is 2.91. The molecule has 6 nitrogen and oxygen atoms in total. The van der Waals surface area contributed by atoms with Crippen molar-refractivity contribution in [3.05, 3.63) is 89.5 Å². The van der Waals surface area contributed by atoms with Gasteiger partial charge in [-0.3, -0.25) is 4.79 Å². The Bertz CT molecular complexity index is 1040. The Morgan fingerprint density at radius 3 is 2.53 bits per heavy atom. The minimum Gasteiger partial charge on any atom is -0.494 e. The van der Waals surface area contributed by atoms with Gasteiger partial charge in [-0.2, -0.15) is 5.10 Å². The zero-order valence-corrected chi connectivity index (χ0v) is 18.4. The van der Waals surface area contributed by atoms with Gasteiger partial charge in [0.25, 0.3) is 5.91 Å². The molecule has 3 aromatic rings. The van der Waals surface area contributed by atoms with Gasteiger partial charge in [-0.05, 0) is 54.8 Å². The first-order valence-corrected chi connectivity index (χ1v) is 10.7. The van der Waals surface area contributed by atoms with Gasteiger partial charge in [-0.1, -0.05) is 49.4 Å². The van der Waals surface area contributed by atoms with Crippen molar-refractivity contribution < 1.29 is 19.0 Å². The molecule has 6 heteroatoms. The van der Waals surface area contributed by atoms with Gasteiger partial charge in [0.05, 0.1) is 19.4 Å². The summed E-state index contributed by atoms with van der Waals surface area (Å²) in [4.78, 5) is 12.5. The van der Waals surface area contributed by atoms with Crippen LogP contribution in [0.2, 0.25) is 0 Å². The molecule has 1 amide bonds. The van der Waals surface area contributed by atoms with Gasteiger partial charge in [-0.25, -0.2) is 5.43 Å². The summed E-state index contributed by atoms with van der Waals surface area (Å²) >= 11 is 0. The molecule has 0 aliphatic heterocycles. The topological polar surface area (TPSA) is 69.2 Å². The summed E-state index contributed by atoms with van der Waals surface area (Å²) in [6.45, 7) is 5.47. The van der Waals surface area contributed by atoms with Crippen molar-refractivity contribution in [1.82, 2.24) is 5.43 Å². The third-order valence-corrected chi connectivity index (χ3v) is 4.45. The number of carbonyl (C=O) groups is 1. The second-order valence-corrected chi connectivity index (χ2v) is 6.99. The lowest BCUT2D eigenvalue weighted by Crippen LogP contribution is -2.17. The number of hydrogen-bond donors (Lipinski definition) is 1. The lowest BCUT2D eigenvalue weighted by molar-refractivity contribution is 0.0954. The van der Waals surface area contributed by atoms with Crippen LogP contribution < -0.4 is 19.6 Å². The van der Waals surface area contributed by atoms with Crippen molar-refractivity contribution in [3.63, 3.8) is 0 Å². The van der Waals surface area contributed by atoms with Crippen LogP contribution in [0.3, 0.4) is 0 Å². The molecule has 0 unspecified atom stereocenters. The van der Waals surface area contributed by atoms with Crippen molar-refractivity contribution in [2.75, 3.05) is 13.2 Å². The van der Waals surface area contributed by atoms with E-state index in [0.717, 1.165) is 23.3 Å². The predicted molar refractivity (Wildman–Crippen MR) is 126 cm³/mol. The smallest absolute Gasteiger partial charge is 0.271 e. The number of nitrogens with zero attached hydrogens (tertiary/aromatic N) is 1. The van der Waals surface area contributed by atoms with E-state index in [-0.39, 0.29) is 5.91 Å². The maximum absolute atomic E-state index is 12.5. The summed E-state index contributed by atoms with van der Waals surface area (Å²) in [5.74, 6) is 1.53. The third kappa shape index (κ3) is 6.87. The molecule has 0 radical (unpaired) electrons. The van der Waals surface area contributed by atoms with Crippen LogP contribution in [0, 0.1) is 0 Å². The Kier molecular flexibility index (Phi) is 8.69. The molecule has 0 saturated carbocycles. The Hall–Kier alpha value is -3.80. The van der Waals surface area contributed by atoms with Crippen LogP contribution in [0.25, 0.3) is 0 Å². The van der Waals surface area contributed by atoms with Crippen LogP contribution >= 0.6 is 0 Å². The molecule has 166 valence electrons. The first-order valence-electron chi connectivity index (χ1n) is 10.7. The summed E-state index contributed by atoms with van der Waals surface area (Å²) in [6.07, 6.45) is 2.52. The van der Waals surface area contributed by atoms with E-state index in [1.54, 1.807) is 24.4 Å². The molecule has 0 bridgehead atoms. The molecular formula is C26H28N2O4. The highest BCUT2D eigenvalue weighted by atomic mass is 16.5. The van der Waals surface area contributed by atoms with Crippen LogP contribution in [-0.4, -0.2) is 25.3 Å². The molecule has 32 heavy (non-hydrogen) atoms. The maximum Gasteiger partial charge on any atom is 0.271 e. The lowest BCUT2D eigenvalue weighted by atomic mass is 10.2. The number of hydrogen-bond acceptors (Lipinski definition) is 5. The van der Waals surface area contributed by atoms with E-state index < -0.39 is 0 Å². The lowest BCUT2D eigenvalue weighted by Gasteiger charge is -2.13. The number of amides is 1. The molecule has 0 aliphatic rings. The first kappa shape index (κ1) is 22.9. The largest absolute Gasteiger partial charge is 0.494 e.